The molecule has 0 bridgehead atoms. The smallest absolute Gasteiger partial charge is 0.321 e. The number of piperazine rings is 1. The Morgan fingerprint density at radius 3 is 2.22 bits per heavy atom. The summed E-state index contributed by atoms with van der Waals surface area (Å²) >= 11 is 0. The van der Waals surface area contributed by atoms with Crippen LogP contribution >= 0.6 is 0 Å². The van der Waals surface area contributed by atoms with Gasteiger partial charge < -0.3 is 34.1 Å². The summed E-state index contributed by atoms with van der Waals surface area (Å²) in [7, 11) is 4.79. The number of hydrogen-bond acceptors (Lipinski definition) is 7. The van der Waals surface area contributed by atoms with Gasteiger partial charge in [-0.05, 0) is 36.8 Å². The molecule has 2 heterocycles. The molecule has 0 aliphatic carbocycles. The van der Waals surface area contributed by atoms with Crippen LogP contribution in [0.5, 0.6) is 28.7 Å². The van der Waals surface area contributed by atoms with Crippen LogP contribution in [0, 0.1) is 6.92 Å². The predicted molar refractivity (Wildman–Crippen MR) is 142 cm³/mol. The summed E-state index contributed by atoms with van der Waals surface area (Å²) in [6.45, 7) is 4.36. The van der Waals surface area contributed by atoms with E-state index in [9.17, 15) is 4.79 Å². The van der Waals surface area contributed by atoms with Crippen molar-refractivity contribution in [3.63, 3.8) is 0 Å². The van der Waals surface area contributed by atoms with Crippen molar-refractivity contribution in [3.8, 4) is 28.7 Å². The van der Waals surface area contributed by atoms with E-state index < -0.39 is 0 Å². The molecule has 2 aliphatic rings. The highest BCUT2D eigenvalue weighted by molar-refractivity contribution is 6.04. The quantitative estimate of drug-likeness (QED) is 0.537. The zero-order valence-corrected chi connectivity index (χ0v) is 21.4. The van der Waals surface area contributed by atoms with Gasteiger partial charge in [-0.15, -0.1) is 0 Å². The minimum absolute atomic E-state index is 0.174. The van der Waals surface area contributed by atoms with Gasteiger partial charge in [0.1, 0.15) is 34.5 Å². The molecule has 37 heavy (non-hydrogen) atoms. The average molecular weight is 503 g/mol. The van der Waals surface area contributed by atoms with E-state index >= 15 is 0 Å². The van der Waals surface area contributed by atoms with Crippen LogP contribution in [0.1, 0.15) is 11.1 Å². The maximum atomic E-state index is 13.0. The zero-order chi connectivity index (χ0) is 25.9. The Kier molecular flexibility index (Phi) is 6.76. The monoisotopic (exact) mass is 502 g/mol. The fourth-order valence-corrected chi connectivity index (χ4v) is 4.43. The van der Waals surface area contributed by atoms with Gasteiger partial charge in [0.25, 0.3) is 0 Å². The molecule has 2 aliphatic heterocycles. The number of amidine groups is 1. The topological polar surface area (TPSA) is 84.9 Å². The minimum Gasteiger partial charge on any atom is -0.497 e. The van der Waals surface area contributed by atoms with E-state index in [-0.39, 0.29) is 6.03 Å². The Hall–Kier alpha value is -4.40. The first-order valence-electron chi connectivity index (χ1n) is 12.1. The lowest BCUT2D eigenvalue weighted by Gasteiger charge is -2.36. The Morgan fingerprint density at radius 1 is 0.838 bits per heavy atom. The van der Waals surface area contributed by atoms with Crippen molar-refractivity contribution in [3.05, 3.63) is 65.7 Å². The lowest BCUT2D eigenvalue weighted by atomic mass is 10.1. The van der Waals surface area contributed by atoms with E-state index in [1.165, 1.54) is 0 Å². The standard InChI is InChI=1S/C28H30N4O5/c1-18-5-8-24-26(13-18)37-25-17-20(34-2)6-7-23(25)27(30-24)31-9-11-32(12-10-31)28(33)29-19-14-21(35-3)16-22(15-19)36-4/h5-8,13-17H,9-12H2,1-4H3,(H,29,33). The van der Waals surface area contributed by atoms with Crippen molar-refractivity contribution in [2.75, 3.05) is 52.8 Å². The maximum Gasteiger partial charge on any atom is 0.321 e. The van der Waals surface area contributed by atoms with E-state index in [1.807, 2.05) is 43.3 Å². The number of carbonyl (C=O) groups is 1. The third-order valence-corrected chi connectivity index (χ3v) is 6.46. The molecular formula is C28H30N4O5. The SMILES string of the molecule is COc1cc(NC(=O)N2CCN(C3=Nc4ccc(C)cc4Oc4cc(OC)ccc43)CC2)cc(OC)c1. The largest absolute Gasteiger partial charge is 0.497 e. The molecule has 5 rings (SSSR count). The number of benzene rings is 3. The van der Waals surface area contributed by atoms with E-state index in [0.29, 0.717) is 60.6 Å². The van der Waals surface area contributed by atoms with E-state index in [1.54, 1.807) is 44.4 Å². The summed E-state index contributed by atoms with van der Waals surface area (Å²) < 4.78 is 22.3. The van der Waals surface area contributed by atoms with Crippen molar-refractivity contribution in [1.82, 2.24) is 9.80 Å². The van der Waals surface area contributed by atoms with Gasteiger partial charge in [0.2, 0.25) is 0 Å². The van der Waals surface area contributed by atoms with Crippen molar-refractivity contribution in [2.45, 2.75) is 6.92 Å². The molecule has 0 saturated carbocycles. The van der Waals surface area contributed by atoms with Crippen molar-refractivity contribution in [1.29, 1.82) is 0 Å². The molecule has 1 fully saturated rings. The number of nitrogens with one attached hydrogen (secondary N) is 1. The fourth-order valence-electron chi connectivity index (χ4n) is 4.43. The van der Waals surface area contributed by atoms with Crippen molar-refractivity contribution >= 4 is 23.2 Å². The lowest BCUT2D eigenvalue weighted by Crippen LogP contribution is -2.51. The molecule has 9 heteroatoms. The van der Waals surface area contributed by atoms with Crippen LogP contribution in [0.2, 0.25) is 0 Å². The molecular weight excluding hydrogens is 472 g/mol. The highest BCUT2D eigenvalue weighted by Crippen LogP contribution is 2.40. The number of fused-ring (bicyclic) bond motifs is 2. The predicted octanol–water partition coefficient (Wildman–Crippen LogP) is 5.05. The van der Waals surface area contributed by atoms with Crippen molar-refractivity contribution in [2.24, 2.45) is 4.99 Å². The average Bonchev–Trinajstić information content (AvgIpc) is 3.08. The van der Waals surface area contributed by atoms with E-state index in [2.05, 4.69) is 10.2 Å². The van der Waals surface area contributed by atoms with Crippen LogP contribution in [0.15, 0.2) is 59.6 Å². The highest BCUT2D eigenvalue weighted by atomic mass is 16.5. The van der Waals surface area contributed by atoms with Gasteiger partial charge in [-0.25, -0.2) is 9.79 Å². The first-order chi connectivity index (χ1) is 18.0. The second kappa shape index (κ2) is 10.3. The van der Waals surface area contributed by atoms with Gasteiger partial charge in [-0.3, -0.25) is 0 Å². The van der Waals surface area contributed by atoms with Crippen LogP contribution in [0.4, 0.5) is 16.2 Å². The first-order valence-corrected chi connectivity index (χ1v) is 12.1. The Morgan fingerprint density at radius 2 is 1.54 bits per heavy atom. The second-order valence-electron chi connectivity index (χ2n) is 8.88. The number of anilines is 1. The molecule has 2 amide bonds. The highest BCUT2D eigenvalue weighted by Gasteiger charge is 2.28. The third-order valence-electron chi connectivity index (χ3n) is 6.46. The minimum atomic E-state index is -0.174. The molecule has 3 aromatic rings. The zero-order valence-electron chi connectivity index (χ0n) is 21.4. The van der Waals surface area contributed by atoms with Gasteiger partial charge in [0.05, 0.1) is 26.9 Å². The summed E-state index contributed by atoms with van der Waals surface area (Å²) in [5.41, 5.74) is 3.36. The van der Waals surface area contributed by atoms with Gasteiger partial charge >= 0.3 is 6.03 Å². The Labute approximate surface area is 216 Å². The number of rotatable bonds is 4. The normalized spacial score (nSPS) is 14.4. The molecule has 3 aromatic carbocycles. The number of nitrogens with zero attached hydrogens (tertiary/aromatic N) is 3. The van der Waals surface area contributed by atoms with Crippen LogP contribution < -0.4 is 24.3 Å². The molecule has 192 valence electrons. The molecule has 0 atom stereocenters. The number of amides is 2. The number of urea groups is 1. The molecule has 0 radical (unpaired) electrons. The third kappa shape index (κ3) is 5.11. The summed E-state index contributed by atoms with van der Waals surface area (Å²) in [5, 5.41) is 2.96. The van der Waals surface area contributed by atoms with Gasteiger partial charge in [-0.1, -0.05) is 6.07 Å². The molecule has 1 saturated heterocycles. The van der Waals surface area contributed by atoms with Gasteiger partial charge in [-0.2, -0.15) is 0 Å². The van der Waals surface area contributed by atoms with Gasteiger partial charge in [0.15, 0.2) is 5.75 Å². The van der Waals surface area contributed by atoms with E-state index in [4.69, 9.17) is 23.9 Å². The number of hydrogen-bond donors (Lipinski definition) is 1. The summed E-state index contributed by atoms with van der Waals surface area (Å²) in [4.78, 5) is 22.0. The van der Waals surface area contributed by atoms with Gasteiger partial charge in [0, 0.05) is 56.1 Å². The number of aliphatic imine (C=N–C) groups is 1. The number of aryl methyl sites for hydroxylation is 1. The second-order valence-corrected chi connectivity index (χ2v) is 8.88. The van der Waals surface area contributed by atoms with E-state index in [0.717, 1.165) is 22.6 Å². The molecule has 0 aromatic heterocycles. The first kappa shape index (κ1) is 24.3. The van der Waals surface area contributed by atoms with Crippen LogP contribution in [-0.2, 0) is 0 Å². The maximum absolute atomic E-state index is 13.0. The Balaban J connectivity index is 1.35. The summed E-state index contributed by atoms with van der Waals surface area (Å²) in [5.74, 6) is 4.14. The Bertz CT molecular complexity index is 1330. The van der Waals surface area contributed by atoms with Crippen molar-refractivity contribution < 1.29 is 23.7 Å². The molecule has 9 nitrogen and oxygen atoms in total. The lowest BCUT2D eigenvalue weighted by molar-refractivity contribution is 0.181. The summed E-state index contributed by atoms with van der Waals surface area (Å²) in [6.07, 6.45) is 0. The number of methoxy groups -OCH3 is 3. The van der Waals surface area contributed by atoms with Crippen LogP contribution in [-0.4, -0.2) is 69.2 Å². The van der Waals surface area contributed by atoms with Crippen LogP contribution in [0.3, 0.4) is 0 Å². The molecule has 0 spiro atoms. The number of ether oxygens (including phenoxy) is 4. The molecule has 0 unspecified atom stereocenters. The fraction of sp³-hybridized carbons (Fsp3) is 0.286. The number of carbonyl (C=O) groups excluding carboxylic acids is 1. The molecule has 1 N–H and O–H groups in total. The van der Waals surface area contributed by atoms with Crippen LogP contribution in [0.25, 0.3) is 0 Å². The summed E-state index contributed by atoms with van der Waals surface area (Å²) in [6, 6.07) is 16.9.